The number of hydrogen-bond acceptors (Lipinski definition) is 3. The van der Waals surface area contributed by atoms with Crippen molar-refractivity contribution in [3.63, 3.8) is 0 Å². The third-order valence-corrected chi connectivity index (χ3v) is 3.76. The first-order chi connectivity index (χ1) is 8.63. The first-order valence-electron chi connectivity index (χ1n) is 6.66. The minimum Gasteiger partial charge on any atom is -0.327 e. The lowest BCUT2D eigenvalue weighted by Gasteiger charge is -2.29. The van der Waals surface area contributed by atoms with Crippen LogP contribution in [0.1, 0.15) is 25.8 Å². The molecule has 0 saturated heterocycles. The first kappa shape index (κ1) is 15.5. The van der Waals surface area contributed by atoms with Gasteiger partial charge in [0.25, 0.3) is 0 Å². The van der Waals surface area contributed by atoms with E-state index in [1.807, 2.05) is 11.8 Å². The first-order valence-corrected chi connectivity index (χ1v) is 8.05. The summed E-state index contributed by atoms with van der Waals surface area (Å²) in [5.41, 5.74) is 7.56. The maximum Gasteiger partial charge on any atom is 0.0237 e. The molecule has 1 aromatic rings. The third kappa shape index (κ3) is 5.89. The van der Waals surface area contributed by atoms with Gasteiger partial charge < -0.3 is 5.73 Å². The largest absolute Gasteiger partial charge is 0.327 e. The van der Waals surface area contributed by atoms with Crippen LogP contribution in [0.5, 0.6) is 0 Å². The average Bonchev–Trinajstić information content (AvgIpc) is 2.36. The van der Waals surface area contributed by atoms with Crippen LogP contribution in [0.2, 0.25) is 0 Å². The molecule has 0 saturated carbocycles. The molecule has 3 heteroatoms. The summed E-state index contributed by atoms with van der Waals surface area (Å²) in [6.45, 7) is 6.45. The van der Waals surface area contributed by atoms with Crippen molar-refractivity contribution in [2.24, 2.45) is 5.73 Å². The molecular weight excluding hydrogens is 240 g/mol. The highest BCUT2D eigenvalue weighted by Crippen LogP contribution is 2.10. The fourth-order valence-electron chi connectivity index (χ4n) is 1.94. The molecule has 0 amide bonds. The summed E-state index contributed by atoms with van der Waals surface area (Å²) in [6, 6.07) is 11.4. The standard InChI is InChI=1S/C15H26N2S/c1-13(2)17(12-15(16)9-10-18-3)11-14-7-5-4-6-8-14/h4-8,13,15H,9-12,16H2,1-3H3/t15-/m0/s1. The Kier molecular flexibility index (Phi) is 7.40. The second-order valence-corrected chi connectivity index (χ2v) is 6.04. The van der Waals surface area contributed by atoms with Gasteiger partial charge in [0.15, 0.2) is 0 Å². The van der Waals surface area contributed by atoms with Crippen molar-refractivity contribution < 1.29 is 0 Å². The van der Waals surface area contributed by atoms with E-state index in [2.05, 4.69) is 55.3 Å². The summed E-state index contributed by atoms with van der Waals surface area (Å²) in [5, 5.41) is 0. The molecule has 102 valence electrons. The summed E-state index contributed by atoms with van der Waals surface area (Å²) in [7, 11) is 0. The third-order valence-electron chi connectivity index (χ3n) is 3.12. The highest BCUT2D eigenvalue weighted by atomic mass is 32.2. The fourth-order valence-corrected chi connectivity index (χ4v) is 2.48. The average molecular weight is 266 g/mol. The highest BCUT2D eigenvalue weighted by Gasteiger charge is 2.13. The topological polar surface area (TPSA) is 29.3 Å². The van der Waals surface area contributed by atoms with Crippen LogP contribution in [-0.2, 0) is 6.54 Å². The normalized spacial score (nSPS) is 13.2. The van der Waals surface area contributed by atoms with Gasteiger partial charge in [0.05, 0.1) is 0 Å². The molecule has 0 aromatic heterocycles. The van der Waals surface area contributed by atoms with Gasteiger partial charge in [0.1, 0.15) is 0 Å². The van der Waals surface area contributed by atoms with Crippen molar-refractivity contribution in [3.05, 3.63) is 35.9 Å². The van der Waals surface area contributed by atoms with Gasteiger partial charge >= 0.3 is 0 Å². The van der Waals surface area contributed by atoms with Gasteiger partial charge in [-0.3, -0.25) is 4.90 Å². The number of hydrogen-bond donors (Lipinski definition) is 1. The quantitative estimate of drug-likeness (QED) is 0.784. The molecule has 0 radical (unpaired) electrons. The van der Waals surface area contributed by atoms with E-state index in [1.165, 1.54) is 5.56 Å². The van der Waals surface area contributed by atoms with Crippen molar-refractivity contribution in [1.82, 2.24) is 4.90 Å². The van der Waals surface area contributed by atoms with Crippen molar-refractivity contribution >= 4 is 11.8 Å². The molecule has 0 heterocycles. The predicted octanol–water partition coefficient (Wildman–Crippen LogP) is 2.98. The van der Waals surface area contributed by atoms with Crippen LogP contribution in [0.3, 0.4) is 0 Å². The molecule has 0 bridgehead atoms. The molecule has 0 fully saturated rings. The molecule has 1 atom stereocenters. The summed E-state index contributed by atoms with van der Waals surface area (Å²) < 4.78 is 0. The maximum absolute atomic E-state index is 6.20. The Bertz CT molecular complexity index is 314. The summed E-state index contributed by atoms with van der Waals surface area (Å²) in [6.07, 6.45) is 3.23. The molecule has 0 aliphatic carbocycles. The van der Waals surface area contributed by atoms with Crippen molar-refractivity contribution in [1.29, 1.82) is 0 Å². The Morgan fingerprint density at radius 2 is 1.89 bits per heavy atom. The van der Waals surface area contributed by atoms with Crippen LogP contribution in [0.15, 0.2) is 30.3 Å². The lowest BCUT2D eigenvalue weighted by atomic mass is 10.1. The second kappa shape index (κ2) is 8.57. The minimum absolute atomic E-state index is 0.281. The molecule has 18 heavy (non-hydrogen) atoms. The Morgan fingerprint density at radius 1 is 1.22 bits per heavy atom. The zero-order valence-corrected chi connectivity index (χ0v) is 12.6. The van der Waals surface area contributed by atoms with Gasteiger partial charge in [-0.05, 0) is 37.8 Å². The minimum atomic E-state index is 0.281. The number of benzene rings is 1. The Labute approximate surface area is 116 Å². The van der Waals surface area contributed by atoms with Crippen LogP contribution in [0.25, 0.3) is 0 Å². The van der Waals surface area contributed by atoms with E-state index >= 15 is 0 Å². The van der Waals surface area contributed by atoms with Gasteiger partial charge in [-0.1, -0.05) is 30.3 Å². The molecule has 2 nitrogen and oxygen atoms in total. The SMILES string of the molecule is CSCC[C@H](N)CN(Cc1ccccc1)C(C)C. The number of nitrogens with two attached hydrogens (primary N) is 1. The molecule has 1 aromatic carbocycles. The van der Waals surface area contributed by atoms with E-state index in [9.17, 15) is 0 Å². The zero-order chi connectivity index (χ0) is 13.4. The molecule has 0 spiro atoms. The van der Waals surface area contributed by atoms with Gasteiger partial charge in [-0.2, -0.15) is 11.8 Å². The van der Waals surface area contributed by atoms with Gasteiger partial charge in [-0.15, -0.1) is 0 Å². The molecule has 0 unspecified atom stereocenters. The van der Waals surface area contributed by atoms with Crippen LogP contribution >= 0.6 is 11.8 Å². The van der Waals surface area contributed by atoms with Crippen LogP contribution < -0.4 is 5.73 Å². The van der Waals surface area contributed by atoms with E-state index in [4.69, 9.17) is 5.73 Å². The highest BCUT2D eigenvalue weighted by molar-refractivity contribution is 7.98. The zero-order valence-electron chi connectivity index (χ0n) is 11.8. The smallest absolute Gasteiger partial charge is 0.0237 e. The van der Waals surface area contributed by atoms with Crippen molar-refractivity contribution in [3.8, 4) is 0 Å². The fraction of sp³-hybridized carbons (Fsp3) is 0.600. The van der Waals surface area contributed by atoms with E-state index in [0.29, 0.717) is 6.04 Å². The summed E-state index contributed by atoms with van der Waals surface area (Å²) >= 11 is 1.87. The summed E-state index contributed by atoms with van der Waals surface area (Å²) in [4.78, 5) is 2.46. The lowest BCUT2D eigenvalue weighted by molar-refractivity contribution is 0.198. The van der Waals surface area contributed by atoms with Gasteiger partial charge in [0, 0.05) is 25.2 Å². The monoisotopic (exact) mass is 266 g/mol. The number of rotatable bonds is 8. The number of nitrogens with zero attached hydrogens (tertiary/aromatic N) is 1. The molecule has 2 N–H and O–H groups in total. The summed E-state index contributed by atoms with van der Waals surface area (Å²) in [5.74, 6) is 1.15. The molecule has 0 aliphatic heterocycles. The Balaban J connectivity index is 2.50. The van der Waals surface area contributed by atoms with Crippen LogP contribution in [0.4, 0.5) is 0 Å². The Morgan fingerprint density at radius 3 is 2.44 bits per heavy atom. The molecule has 0 aliphatic rings. The Hall–Kier alpha value is -0.510. The second-order valence-electron chi connectivity index (χ2n) is 5.05. The van der Waals surface area contributed by atoms with Crippen LogP contribution in [-0.4, -0.2) is 35.5 Å². The lowest BCUT2D eigenvalue weighted by Crippen LogP contribution is -2.41. The number of thioether (sulfide) groups is 1. The van der Waals surface area contributed by atoms with E-state index in [-0.39, 0.29) is 6.04 Å². The van der Waals surface area contributed by atoms with Crippen molar-refractivity contribution in [2.75, 3.05) is 18.6 Å². The van der Waals surface area contributed by atoms with Gasteiger partial charge in [0.2, 0.25) is 0 Å². The molecular formula is C15H26N2S. The van der Waals surface area contributed by atoms with Crippen molar-refractivity contribution in [2.45, 2.75) is 38.9 Å². The van der Waals surface area contributed by atoms with Crippen LogP contribution in [0, 0.1) is 0 Å². The molecule has 1 rings (SSSR count). The van der Waals surface area contributed by atoms with E-state index in [0.717, 1.165) is 25.3 Å². The van der Waals surface area contributed by atoms with E-state index < -0.39 is 0 Å². The predicted molar refractivity (Wildman–Crippen MR) is 83.0 cm³/mol. The van der Waals surface area contributed by atoms with Gasteiger partial charge in [-0.25, -0.2) is 0 Å². The van der Waals surface area contributed by atoms with E-state index in [1.54, 1.807) is 0 Å². The maximum atomic E-state index is 6.20.